The SMILES string of the molecule is CC/C=C\C/C=C\C/C=C\C/C=C\CCCCCCCCCCCCCCC(=O)OCC(COC(=O)CCCCCCCCC/C=C\C/C=C\CCCCCC)OC(=O)CCCCCCCCCCC/C=C\C/C=C\CCCCC. The Morgan fingerprint density at radius 3 is 0.787 bits per heavy atom. The van der Waals surface area contributed by atoms with Gasteiger partial charge >= 0.3 is 17.9 Å². The molecule has 0 aliphatic carbocycles. The third kappa shape index (κ3) is 65.1. The average molecular weight is 1110 g/mol. The number of ether oxygens (including phenoxy) is 3. The maximum Gasteiger partial charge on any atom is 0.306 e. The van der Waals surface area contributed by atoms with Crippen LogP contribution in [0.25, 0.3) is 0 Å². The van der Waals surface area contributed by atoms with Crippen LogP contribution in [-0.2, 0) is 28.6 Å². The maximum atomic E-state index is 13.0. The van der Waals surface area contributed by atoms with Crippen LogP contribution in [0.2, 0.25) is 0 Å². The van der Waals surface area contributed by atoms with Gasteiger partial charge in [-0.3, -0.25) is 14.4 Å². The second-order valence-electron chi connectivity index (χ2n) is 22.7. The van der Waals surface area contributed by atoms with E-state index in [4.69, 9.17) is 14.2 Å². The van der Waals surface area contributed by atoms with E-state index in [1.165, 1.54) is 193 Å². The molecule has 0 aromatic rings. The van der Waals surface area contributed by atoms with E-state index < -0.39 is 6.10 Å². The molecular formula is C74H128O6. The highest BCUT2D eigenvalue weighted by Crippen LogP contribution is 2.17. The molecule has 0 aliphatic heterocycles. The van der Waals surface area contributed by atoms with E-state index in [9.17, 15) is 14.4 Å². The maximum absolute atomic E-state index is 13.0. The first kappa shape index (κ1) is 76.3. The van der Waals surface area contributed by atoms with Crippen molar-refractivity contribution in [2.45, 2.75) is 341 Å². The zero-order chi connectivity index (χ0) is 57.8. The topological polar surface area (TPSA) is 78.9 Å². The van der Waals surface area contributed by atoms with Crippen LogP contribution in [0.15, 0.2) is 97.2 Å². The highest BCUT2D eigenvalue weighted by molar-refractivity contribution is 5.71. The van der Waals surface area contributed by atoms with Crippen LogP contribution in [0, 0.1) is 0 Å². The Hall–Kier alpha value is -3.67. The van der Waals surface area contributed by atoms with E-state index in [0.29, 0.717) is 19.3 Å². The van der Waals surface area contributed by atoms with Gasteiger partial charge in [-0.15, -0.1) is 0 Å². The van der Waals surface area contributed by atoms with Gasteiger partial charge in [0.2, 0.25) is 0 Å². The predicted octanol–water partition coefficient (Wildman–Crippen LogP) is 23.6. The van der Waals surface area contributed by atoms with Crippen LogP contribution < -0.4 is 0 Å². The molecule has 0 rings (SSSR count). The molecule has 0 bridgehead atoms. The quantitative estimate of drug-likeness (QED) is 0.0261. The molecule has 0 amide bonds. The molecule has 0 aromatic carbocycles. The fourth-order valence-corrected chi connectivity index (χ4v) is 9.67. The molecule has 0 radical (unpaired) electrons. The molecule has 6 heteroatoms. The normalized spacial score (nSPS) is 12.7. The number of rotatable bonds is 62. The lowest BCUT2D eigenvalue weighted by atomic mass is 10.0. The second kappa shape index (κ2) is 67.8. The monoisotopic (exact) mass is 1110 g/mol. The number of carbonyl (C=O) groups is 3. The first-order valence-electron chi connectivity index (χ1n) is 34.2. The Balaban J connectivity index is 4.36. The second-order valence-corrected chi connectivity index (χ2v) is 22.7. The molecular weight excluding hydrogens is 985 g/mol. The van der Waals surface area contributed by atoms with Crippen LogP contribution in [0.5, 0.6) is 0 Å². The molecule has 0 aliphatic rings. The zero-order valence-electron chi connectivity index (χ0n) is 52.8. The Kier molecular flexibility index (Phi) is 64.7. The van der Waals surface area contributed by atoms with Crippen molar-refractivity contribution in [3.05, 3.63) is 97.2 Å². The fourth-order valence-electron chi connectivity index (χ4n) is 9.67. The van der Waals surface area contributed by atoms with Crippen LogP contribution in [0.1, 0.15) is 335 Å². The Morgan fingerprint density at radius 1 is 0.263 bits per heavy atom. The summed E-state index contributed by atoms with van der Waals surface area (Å²) in [5.41, 5.74) is 0. The lowest BCUT2D eigenvalue weighted by Crippen LogP contribution is -2.30. The van der Waals surface area contributed by atoms with Crippen molar-refractivity contribution in [3.8, 4) is 0 Å². The Morgan fingerprint density at radius 2 is 0.487 bits per heavy atom. The van der Waals surface area contributed by atoms with Gasteiger partial charge in [-0.05, 0) is 122 Å². The molecule has 1 atom stereocenters. The van der Waals surface area contributed by atoms with Crippen LogP contribution in [-0.4, -0.2) is 37.2 Å². The summed E-state index contributed by atoms with van der Waals surface area (Å²) in [5.74, 6) is -0.880. The largest absolute Gasteiger partial charge is 0.462 e. The Bertz CT molecular complexity index is 1560. The van der Waals surface area contributed by atoms with E-state index in [1.807, 2.05) is 0 Å². The number of unbranched alkanes of at least 4 members (excludes halogenated alkanes) is 35. The highest BCUT2D eigenvalue weighted by Gasteiger charge is 2.19. The molecule has 0 spiro atoms. The van der Waals surface area contributed by atoms with Gasteiger partial charge in [0.05, 0.1) is 0 Å². The van der Waals surface area contributed by atoms with Crippen LogP contribution in [0.3, 0.4) is 0 Å². The van der Waals surface area contributed by atoms with E-state index in [0.717, 1.165) is 103 Å². The summed E-state index contributed by atoms with van der Waals surface area (Å²) in [4.78, 5) is 38.5. The molecule has 0 aromatic heterocycles. The minimum absolute atomic E-state index is 0.0813. The summed E-state index contributed by atoms with van der Waals surface area (Å²) in [6.45, 7) is 6.51. The molecule has 6 nitrogen and oxygen atoms in total. The summed E-state index contributed by atoms with van der Waals surface area (Å²) >= 11 is 0. The first-order valence-corrected chi connectivity index (χ1v) is 34.2. The summed E-state index contributed by atoms with van der Waals surface area (Å²) in [7, 11) is 0. The lowest BCUT2D eigenvalue weighted by Gasteiger charge is -2.18. The fraction of sp³-hybridized carbons (Fsp3) is 0.743. The van der Waals surface area contributed by atoms with Crippen molar-refractivity contribution in [2.24, 2.45) is 0 Å². The molecule has 0 N–H and O–H groups in total. The zero-order valence-corrected chi connectivity index (χ0v) is 52.8. The van der Waals surface area contributed by atoms with Crippen molar-refractivity contribution in [1.29, 1.82) is 0 Å². The van der Waals surface area contributed by atoms with Gasteiger partial charge in [0.25, 0.3) is 0 Å². The number of allylic oxidation sites excluding steroid dienone is 16. The van der Waals surface area contributed by atoms with E-state index in [2.05, 4.69) is 118 Å². The number of carbonyl (C=O) groups excluding carboxylic acids is 3. The minimum Gasteiger partial charge on any atom is -0.462 e. The molecule has 0 fully saturated rings. The van der Waals surface area contributed by atoms with Gasteiger partial charge in [-0.2, -0.15) is 0 Å². The molecule has 0 saturated heterocycles. The minimum atomic E-state index is -0.786. The van der Waals surface area contributed by atoms with E-state index in [-0.39, 0.29) is 31.1 Å². The summed E-state index contributed by atoms with van der Waals surface area (Å²) in [6.07, 6.45) is 91.3. The summed E-state index contributed by atoms with van der Waals surface area (Å²) in [6, 6.07) is 0. The van der Waals surface area contributed by atoms with E-state index >= 15 is 0 Å². The first-order chi connectivity index (χ1) is 39.5. The Labute approximate surface area is 496 Å². The number of hydrogen-bond acceptors (Lipinski definition) is 6. The lowest BCUT2D eigenvalue weighted by molar-refractivity contribution is -0.167. The van der Waals surface area contributed by atoms with Gasteiger partial charge in [-0.1, -0.05) is 291 Å². The van der Waals surface area contributed by atoms with E-state index in [1.54, 1.807) is 0 Å². The van der Waals surface area contributed by atoms with Gasteiger partial charge in [-0.25, -0.2) is 0 Å². The summed E-state index contributed by atoms with van der Waals surface area (Å²) < 4.78 is 17.0. The van der Waals surface area contributed by atoms with Crippen molar-refractivity contribution in [1.82, 2.24) is 0 Å². The number of hydrogen-bond donors (Lipinski definition) is 0. The molecule has 0 heterocycles. The smallest absolute Gasteiger partial charge is 0.306 e. The molecule has 1 unspecified atom stereocenters. The highest BCUT2D eigenvalue weighted by atomic mass is 16.6. The van der Waals surface area contributed by atoms with Crippen molar-refractivity contribution < 1.29 is 28.6 Å². The van der Waals surface area contributed by atoms with Crippen LogP contribution in [0.4, 0.5) is 0 Å². The van der Waals surface area contributed by atoms with Gasteiger partial charge in [0.1, 0.15) is 13.2 Å². The van der Waals surface area contributed by atoms with Gasteiger partial charge < -0.3 is 14.2 Å². The van der Waals surface area contributed by atoms with Crippen molar-refractivity contribution in [3.63, 3.8) is 0 Å². The van der Waals surface area contributed by atoms with Gasteiger partial charge in [0, 0.05) is 19.3 Å². The molecule has 0 saturated carbocycles. The predicted molar refractivity (Wildman–Crippen MR) is 348 cm³/mol. The van der Waals surface area contributed by atoms with Crippen molar-refractivity contribution in [2.75, 3.05) is 13.2 Å². The molecule has 80 heavy (non-hydrogen) atoms. The third-order valence-electron chi connectivity index (χ3n) is 14.8. The average Bonchev–Trinajstić information content (AvgIpc) is 3.46. The number of esters is 3. The van der Waals surface area contributed by atoms with Crippen molar-refractivity contribution >= 4 is 17.9 Å². The third-order valence-corrected chi connectivity index (χ3v) is 14.8. The summed E-state index contributed by atoms with van der Waals surface area (Å²) in [5, 5.41) is 0. The van der Waals surface area contributed by atoms with Crippen LogP contribution >= 0.6 is 0 Å². The molecule has 460 valence electrons. The standard InChI is InChI=1S/C74H128O6/c1-4-7-10-13-16-19-22-25-28-31-34-35-36-37-38-39-41-43-46-49-52-55-58-61-64-67-73(76)79-70-71(69-78-72(75)66-63-60-57-54-51-48-45-42-33-30-27-24-21-18-15-12-9-6-3)80-74(77)68-65-62-59-56-53-50-47-44-40-32-29-26-23-20-17-14-11-8-5-2/h7,10,16-17,19-21,24-26,28-30,33-35,71H,4-6,8-9,11-15,18,22-23,27,31-32,36-70H2,1-3H3/b10-7-,19-16-,20-17-,24-21-,28-25-,29-26-,33-30-,35-34-. The van der Waals surface area contributed by atoms with Gasteiger partial charge in [0.15, 0.2) is 6.10 Å².